The number of hydrogen-bond acceptors (Lipinski definition) is 3. The minimum atomic E-state index is -0.134. The Morgan fingerprint density at radius 3 is 2.82 bits per heavy atom. The van der Waals surface area contributed by atoms with Crippen LogP contribution in [0.5, 0.6) is 0 Å². The van der Waals surface area contributed by atoms with E-state index in [1.807, 2.05) is 30.3 Å². The molecule has 0 unspecified atom stereocenters. The molecule has 22 heavy (non-hydrogen) atoms. The maximum Gasteiger partial charge on any atom is 0.270 e. The zero-order valence-electron chi connectivity index (χ0n) is 12.4. The molecular weight excluding hydrogens is 298 g/mol. The first-order chi connectivity index (χ1) is 10.7. The van der Waals surface area contributed by atoms with Crippen LogP contribution in [0.3, 0.4) is 0 Å². The summed E-state index contributed by atoms with van der Waals surface area (Å²) in [4.78, 5) is 15.6. The minimum Gasteiger partial charge on any atom is -0.383 e. The summed E-state index contributed by atoms with van der Waals surface area (Å²) in [6, 6.07) is 9.68. The lowest BCUT2D eigenvalue weighted by atomic mass is 10.2. The molecule has 1 saturated carbocycles. The minimum absolute atomic E-state index is 0.0604. The van der Waals surface area contributed by atoms with Crippen molar-refractivity contribution in [2.45, 2.75) is 18.9 Å². The number of nitrogens with zero attached hydrogens (tertiary/aromatic N) is 1. The fraction of sp³-hybridized carbons (Fsp3) is 0.375. The number of nitrogens with one attached hydrogen (secondary N) is 2. The first kappa shape index (κ1) is 15.0. The van der Waals surface area contributed by atoms with Gasteiger partial charge >= 0.3 is 0 Å². The Kier molecular flexibility index (Phi) is 4.40. The summed E-state index contributed by atoms with van der Waals surface area (Å²) >= 11 is 5.31. The van der Waals surface area contributed by atoms with Gasteiger partial charge in [0, 0.05) is 19.0 Å². The number of para-hydroxylation sites is 1. The molecule has 2 aromatic rings. The van der Waals surface area contributed by atoms with Crippen LogP contribution in [0.2, 0.25) is 0 Å². The maximum atomic E-state index is 12.6. The van der Waals surface area contributed by atoms with Gasteiger partial charge in [-0.3, -0.25) is 9.36 Å². The molecule has 1 amide bonds. The molecule has 1 fully saturated rings. The Bertz CT molecular complexity index is 704. The van der Waals surface area contributed by atoms with Gasteiger partial charge in [-0.25, -0.2) is 0 Å². The van der Waals surface area contributed by atoms with Crippen molar-refractivity contribution < 1.29 is 9.53 Å². The molecule has 6 heteroatoms. The number of rotatable bonds is 6. The van der Waals surface area contributed by atoms with Crippen LogP contribution in [0.1, 0.15) is 23.3 Å². The molecular formula is C16H19N3O2S. The number of hydrogen-bond donors (Lipinski definition) is 2. The number of aromatic amines is 1. The van der Waals surface area contributed by atoms with Crippen molar-refractivity contribution in [1.29, 1.82) is 0 Å². The molecule has 0 aliphatic heterocycles. The Labute approximate surface area is 134 Å². The van der Waals surface area contributed by atoms with Gasteiger partial charge < -0.3 is 15.0 Å². The number of imidazole rings is 1. The summed E-state index contributed by atoms with van der Waals surface area (Å²) in [6.45, 7) is 0.535. The number of carbonyl (C=O) groups is 1. The van der Waals surface area contributed by atoms with Crippen molar-refractivity contribution in [3.05, 3.63) is 47.0 Å². The van der Waals surface area contributed by atoms with Crippen LogP contribution in [0.15, 0.2) is 36.5 Å². The van der Waals surface area contributed by atoms with Gasteiger partial charge in [-0.2, -0.15) is 0 Å². The topological polar surface area (TPSA) is 59.0 Å². The van der Waals surface area contributed by atoms with E-state index in [1.165, 1.54) is 0 Å². The molecule has 1 atom stereocenters. The third kappa shape index (κ3) is 3.13. The summed E-state index contributed by atoms with van der Waals surface area (Å²) < 4.78 is 7.47. The predicted octanol–water partition coefficient (Wildman–Crippen LogP) is 2.69. The van der Waals surface area contributed by atoms with Gasteiger partial charge in [-0.05, 0) is 43.1 Å². The number of aromatic nitrogens is 2. The molecule has 1 aromatic heterocycles. The monoisotopic (exact) mass is 317 g/mol. The van der Waals surface area contributed by atoms with Crippen molar-refractivity contribution in [3.63, 3.8) is 0 Å². The highest BCUT2D eigenvalue weighted by molar-refractivity contribution is 7.71. The third-order valence-electron chi connectivity index (χ3n) is 3.88. The average molecular weight is 317 g/mol. The van der Waals surface area contributed by atoms with E-state index in [0.29, 0.717) is 23.0 Å². The van der Waals surface area contributed by atoms with Crippen molar-refractivity contribution >= 4 is 18.1 Å². The molecule has 5 nitrogen and oxygen atoms in total. The number of methoxy groups -OCH3 is 1. The van der Waals surface area contributed by atoms with E-state index in [-0.39, 0.29) is 11.9 Å². The van der Waals surface area contributed by atoms with E-state index in [2.05, 4.69) is 10.3 Å². The quantitative estimate of drug-likeness (QED) is 0.805. The lowest BCUT2D eigenvalue weighted by molar-refractivity contribution is 0.0877. The summed E-state index contributed by atoms with van der Waals surface area (Å²) in [5, 5.41) is 3.07. The Hall–Kier alpha value is -1.92. The zero-order valence-corrected chi connectivity index (χ0v) is 13.2. The van der Waals surface area contributed by atoms with Gasteiger partial charge in [0.25, 0.3) is 5.91 Å². The average Bonchev–Trinajstić information content (AvgIpc) is 3.30. The van der Waals surface area contributed by atoms with Crippen LogP contribution < -0.4 is 5.32 Å². The molecule has 1 aliphatic rings. The fourth-order valence-corrected chi connectivity index (χ4v) is 2.85. The molecule has 1 heterocycles. The number of amides is 1. The van der Waals surface area contributed by atoms with E-state index < -0.39 is 0 Å². The largest absolute Gasteiger partial charge is 0.383 e. The van der Waals surface area contributed by atoms with Crippen LogP contribution in [-0.4, -0.2) is 35.2 Å². The molecule has 116 valence electrons. The van der Waals surface area contributed by atoms with E-state index in [4.69, 9.17) is 17.0 Å². The van der Waals surface area contributed by atoms with Gasteiger partial charge in [0.05, 0.1) is 12.6 Å². The lowest BCUT2D eigenvalue weighted by Gasteiger charge is -2.17. The fourth-order valence-electron chi connectivity index (χ4n) is 2.59. The van der Waals surface area contributed by atoms with E-state index in [1.54, 1.807) is 17.9 Å². The second-order valence-corrected chi connectivity index (χ2v) is 5.91. The van der Waals surface area contributed by atoms with E-state index >= 15 is 0 Å². The van der Waals surface area contributed by atoms with Crippen molar-refractivity contribution in [1.82, 2.24) is 14.9 Å². The van der Waals surface area contributed by atoms with Crippen molar-refractivity contribution in [2.75, 3.05) is 13.7 Å². The predicted molar refractivity (Wildman–Crippen MR) is 86.8 cm³/mol. The van der Waals surface area contributed by atoms with E-state index in [0.717, 1.165) is 18.5 Å². The molecule has 3 rings (SSSR count). The van der Waals surface area contributed by atoms with Gasteiger partial charge in [0.1, 0.15) is 5.69 Å². The highest BCUT2D eigenvalue weighted by atomic mass is 32.1. The summed E-state index contributed by atoms with van der Waals surface area (Å²) in [5.41, 5.74) is 1.38. The van der Waals surface area contributed by atoms with Crippen LogP contribution in [-0.2, 0) is 4.74 Å². The number of H-pyrrole nitrogens is 1. The number of ether oxygens (including phenoxy) is 1. The van der Waals surface area contributed by atoms with Gasteiger partial charge in [0.15, 0.2) is 4.77 Å². The highest BCUT2D eigenvalue weighted by Gasteiger charge is 2.33. The first-order valence-corrected chi connectivity index (χ1v) is 7.77. The third-order valence-corrected chi connectivity index (χ3v) is 4.18. The van der Waals surface area contributed by atoms with E-state index in [9.17, 15) is 4.79 Å². The number of benzene rings is 1. The van der Waals surface area contributed by atoms with Crippen LogP contribution in [0.25, 0.3) is 5.69 Å². The molecule has 1 aliphatic carbocycles. The summed E-state index contributed by atoms with van der Waals surface area (Å²) in [6.07, 6.45) is 3.94. The molecule has 0 radical (unpaired) electrons. The Morgan fingerprint density at radius 1 is 1.45 bits per heavy atom. The zero-order chi connectivity index (χ0) is 15.5. The highest BCUT2D eigenvalue weighted by Crippen LogP contribution is 2.32. The molecule has 0 bridgehead atoms. The Balaban J connectivity index is 1.86. The lowest BCUT2D eigenvalue weighted by Crippen LogP contribution is -2.40. The molecule has 1 aromatic carbocycles. The Morgan fingerprint density at radius 2 is 2.18 bits per heavy atom. The van der Waals surface area contributed by atoms with Crippen molar-refractivity contribution in [2.24, 2.45) is 5.92 Å². The van der Waals surface area contributed by atoms with Crippen LogP contribution in [0, 0.1) is 10.7 Å². The SMILES string of the molecule is COC[C@H](NC(=O)c1c[nH]c(=S)n1-c1ccccc1)C1CC1. The maximum absolute atomic E-state index is 12.6. The van der Waals surface area contributed by atoms with Gasteiger partial charge in [-0.1, -0.05) is 18.2 Å². The molecule has 2 N–H and O–H groups in total. The van der Waals surface area contributed by atoms with Gasteiger partial charge in [-0.15, -0.1) is 0 Å². The van der Waals surface area contributed by atoms with Crippen LogP contribution in [0.4, 0.5) is 0 Å². The second kappa shape index (κ2) is 6.46. The van der Waals surface area contributed by atoms with Crippen molar-refractivity contribution in [3.8, 4) is 5.69 Å². The summed E-state index contributed by atoms with van der Waals surface area (Å²) in [7, 11) is 1.66. The molecule has 0 spiro atoms. The van der Waals surface area contributed by atoms with Gasteiger partial charge in [0.2, 0.25) is 0 Å². The normalized spacial score (nSPS) is 15.5. The smallest absolute Gasteiger partial charge is 0.270 e. The van der Waals surface area contributed by atoms with Crippen LogP contribution >= 0.6 is 12.2 Å². The summed E-state index contributed by atoms with van der Waals surface area (Å²) in [5.74, 6) is 0.390. The first-order valence-electron chi connectivity index (χ1n) is 7.36. The standard InChI is InChI=1S/C16H19N3O2S/c1-21-10-13(11-7-8-11)18-15(20)14-9-17-16(22)19(14)12-5-3-2-4-6-12/h2-6,9,11,13H,7-8,10H2,1H3,(H,17,22)(H,18,20)/t13-/m0/s1. The molecule has 0 saturated heterocycles. The number of carbonyl (C=O) groups excluding carboxylic acids is 1. The second-order valence-electron chi connectivity index (χ2n) is 5.52.